The van der Waals surface area contributed by atoms with E-state index in [1.165, 1.54) is 12.1 Å². The molecule has 0 bridgehead atoms. The normalized spacial score (nSPS) is 28.7. The maximum atomic E-state index is 13.1. The zero-order valence-electron chi connectivity index (χ0n) is 14.6. The van der Waals surface area contributed by atoms with Crippen molar-refractivity contribution in [3.8, 4) is 0 Å². The number of fused-ring (bicyclic) bond motifs is 1. The van der Waals surface area contributed by atoms with Crippen molar-refractivity contribution in [3.63, 3.8) is 0 Å². The molecule has 0 saturated carbocycles. The molecule has 1 N–H and O–H groups in total. The van der Waals surface area contributed by atoms with Gasteiger partial charge < -0.3 is 5.32 Å². The van der Waals surface area contributed by atoms with Crippen LogP contribution in [0.15, 0.2) is 24.3 Å². The van der Waals surface area contributed by atoms with Gasteiger partial charge >= 0.3 is 0 Å². The predicted octanol–water partition coefficient (Wildman–Crippen LogP) is 1.59. The van der Waals surface area contributed by atoms with E-state index in [4.69, 9.17) is 0 Å². The summed E-state index contributed by atoms with van der Waals surface area (Å²) >= 11 is 0. The van der Waals surface area contributed by atoms with Gasteiger partial charge in [0.25, 0.3) is 0 Å². The lowest BCUT2D eigenvalue weighted by atomic mass is 9.87. The molecular formula is C18H25FN2O3S. The maximum Gasteiger partial charge on any atom is 0.223 e. The Morgan fingerprint density at radius 2 is 1.96 bits per heavy atom. The molecule has 2 heterocycles. The van der Waals surface area contributed by atoms with Gasteiger partial charge in [-0.05, 0) is 38.0 Å². The molecule has 2 fully saturated rings. The highest BCUT2D eigenvalue weighted by Gasteiger charge is 2.50. The Kier molecular flexibility index (Phi) is 5.16. The fraction of sp³-hybridized carbons (Fsp3) is 0.611. The summed E-state index contributed by atoms with van der Waals surface area (Å²) in [5.74, 6) is -0.670. The molecule has 0 aliphatic carbocycles. The minimum Gasteiger partial charge on any atom is -0.354 e. The average molecular weight is 368 g/mol. The van der Waals surface area contributed by atoms with Crippen molar-refractivity contribution >= 4 is 15.7 Å². The third kappa shape index (κ3) is 4.03. The van der Waals surface area contributed by atoms with Gasteiger partial charge in [0.1, 0.15) is 5.82 Å². The average Bonchev–Trinajstić information content (AvgIpc) is 2.94. The zero-order chi connectivity index (χ0) is 18.2. The lowest BCUT2D eigenvalue weighted by molar-refractivity contribution is -0.127. The number of hydrogen-bond acceptors (Lipinski definition) is 4. The Hall–Kier alpha value is -1.47. The molecular weight excluding hydrogens is 343 g/mol. The summed E-state index contributed by atoms with van der Waals surface area (Å²) in [6.07, 6.45) is 0.395. The van der Waals surface area contributed by atoms with E-state index in [2.05, 4.69) is 10.2 Å². The highest BCUT2D eigenvalue weighted by Crippen LogP contribution is 2.37. The lowest BCUT2D eigenvalue weighted by Crippen LogP contribution is -2.48. The van der Waals surface area contributed by atoms with Gasteiger partial charge in [-0.3, -0.25) is 9.69 Å². The van der Waals surface area contributed by atoms with Crippen LogP contribution in [0.2, 0.25) is 0 Å². The summed E-state index contributed by atoms with van der Waals surface area (Å²) < 4.78 is 38.0. The largest absolute Gasteiger partial charge is 0.354 e. The van der Waals surface area contributed by atoms with Gasteiger partial charge in [0.2, 0.25) is 5.91 Å². The second-order valence-corrected chi connectivity index (χ2v) is 9.79. The molecule has 1 aromatic carbocycles. The number of amides is 1. The molecule has 2 aliphatic rings. The van der Waals surface area contributed by atoms with E-state index >= 15 is 0 Å². The monoisotopic (exact) mass is 368 g/mol. The number of likely N-dealkylation sites (tertiary alicyclic amines) is 1. The molecule has 3 rings (SSSR count). The lowest BCUT2D eigenvalue weighted by Gasteiger charge is -2.32. The number of rotatable bonds is 4. The highest BCUT2D eigenvalue weighted by molar-refractivity contribution is 7.92. The third-order valence-electron chi connectivity index (χ3n) is 5.16. The van der Waals surface area contributed by atoms with Gasteiger partial charge in [-0.2, -0.15) is 0 Å². The van der Waals surface area contributed by atoms with Crippen LogP contribution < -0.4 is 5.32 Å². The molecule has 1 aromatic rings. The molecule has 25 heavy (non-hydrogen) atoms. The standard InChI is InChI=1S/C18H25FN2O3S/c1-12(2)20-18(22)15-7-8-25(23,24)17-11-21(10-16(15)17)9-13-3-5-14(19)6-4-13/h3-6,12,15-17H,7-11H2,1-2H3,(H,20,22)/t15-,16+,17+/m0/s1. The van der Waals surface area contributed by atoms with Crippen LogP contribution in [0.3, 0.4) is 0 Å². The van der Waals surface area contributed by atoms with Crippen LogP contribution in [-0.4, -0.2) is 49.4 Å². The molecule has 0 aromatic heterocycles. The van der Waals surface area contributed by atoms with Crippen LogP contribution in [0, 0.1) is 17.7 Å². The summed E-state index contributed by atoms with van der Waals surface area (Å²) in [7, 11) is -3.17. The molecule has 0 radical (unpaired) electrons. The van der Waals surface area contributed by atoms with E-state index in [0.29, 0.717) is 26.1 Å². The zero-order valence-corrected chi connectivity index (χ0v) is 15.4. The molecule has 138 valence electrons. The second kappa shape index (κ2) is 7.03. The van der Waals surface area contributed by atoms with E-state index in [9.17, 15) is 17.6 Å². The number of carbonyl (C=O) groups is 1. The Morgan fingerprint density at radius 1 is 1.28 bits per heavy atom. The summed E-state index contributed by atoms with van der Waals surface area (Å²) in [6, 6.07) is 6.30. The molecule has 0 spiro atoms. The number of nitrogens with zero attached hydrogens (tertiary/aromatic N) is 1. The maximum absolute atomic E-state index is 13.1. The number of carbonyl (C=O) groups excluding carboxylic acids is 1. The van der Waals surface area contributed by atoms with Crippen LogP contribution in [0.1, 0.15) is 25.8 Å². The van der Waals surface area contributed by atoms with Crippen molar-refractivity contribution in [2.45, 2.75) is 38.1 Å². The summed E-state index contributed by atoms with van der Waals surface area (Å²) in [5, 5.41) is 2.45. The van der Waals surface area contributed by atoms with Gasteiger partial charge in [0.05, 0.1) is 11.0 Å². The van der Waals surface area contributed by atoms with E-state index in [1.807, 2.05) is 13.8 Å². The van der Waals surface area contributed by atoms with Crippen molar-refractivity contribution < 1.29 is 17.6 Å². The first-order chi connectivity index (χ1) is 11.8. The smallest absolute Gasteiger partial charge is 0.223 e. The predicted molar refractivity (Wildman–Crippen MR) is 94.1 cm³/mol. The Labute approximate surface area is 148 Å². The minimum atomic E-state index is -3.17. The number of nitrogens with one attached hydrogen (secondary N) is 1. The number of hydrogen-bond donors (Lipinski definition) is 1. The van der Waals surface area contributed by atoms with Gasteiger partial charge in [-0.1, -0.05) is 12.1 Å². The van der Waals surface area contributed by atoms with Crippen molar-refractivity contribution in [1.29, 1.82) is 0 Å². The fourth-order valence-corrected chi connectivity index (χ4v) is 6.13. The van der Waals surface area contributed by atoms with Crippen molar-refractivity contribution in [2.24, 2.45) is 11.8 Å². The van der Waals surface area contributed by atoms with Crippen molar-refractivity contribution in [2.75, 3.05) is 18.8 Å². The molecule has 0 unspecified atom stereocenters. The number of halogens is 1. The number of sulfone groups is 1. The first-order valence-corrected chi connectivity index (χ1v) is 10.5. The molecule has 2 saturated heterocycles. The number of benzene rings is 1. The quantitative estimate of drug-likeness (QED) is 0.876. The topological polar surface area (TPSA) is 66.5 Å². The van der Waals surface area contributed by atoms with E-state index < -0.39 is 15.1 Å². The van der Waals surface area contributed by atoms with Gasteiger partial charge in [0.15, 0.2) is 9.84 Å². The first-order valence-electron chi connectivity index (χ1n) is 8.75. The van der Waals surface area contributed by atoms with Crippen molar-refractivity contribution in [1.82, 2.24) is 10.2 Å². The van der Waals surface area contributed by atoms with E-state index in [1.54, 1.807) is 12.1 Å². The fourth-order valence-electron chi connectivity index (χ4n) is 4.00. The minimum absolute atomic E-state index is 0.0384. The molecule has 7 heteroatoms. The van der Waals surface area contributed by atoms with Crippen LogP contribution in [-0.2, 0) is 21.2 Å². The summed E-state index contributed by atoms with van der Waals surface area (Å²) in [4.78, 5) is 14.6. The van der Waals surface area contributed by atoms with Gasteiger partial charge in [-0.25, -0.2) is 12.8 Å². The molecule has 2 aliphatic heterocycles. The molecule has 1 amide bonds. The van der Waals surface area contributed by atoms with E-state index in [0.717, 1.165) is 5.56 Å². The van der Waals surface area contributed by atoms with E-state index in [-0.39, 0.29) is 35.4 Å². The van der Waals surface area contributed by atoms with Gasteiger partial charge in [0, 0.05) is 37.5 Å². The van der Waals surface area contributed by atoms with Crippen LogP contribution in [0.4, 0.5) is 4.39 Å². The Bertz CT molecular complexity index is 733. The molecule has 5 nitrogen and oxygen atoms in total. The second-order valence-electron chi connectivity index (χ2n) is 7.45. The van der Waals surface area contributed by atoms with Gasteiger partial charge in [-0.15, -0.1) is 0 Å². The van der Waals surface area contributed by atoms with Crippen LogP contribution in [0.5, 0.6) is 0 Å². The SMILES string of the molecule is CC(C)NC(=O)[C@H]1CCS(=O)(=O)[C@@H]2CN(Cc3ccc(F)cc3)C[C@H]12. The Morgan fingerprint density at radius 3 is 2.60 bits per heavy atom. The first kappa shape index (κ1) is 18.3. The summed E-state index contributed by atoms with van der Waals surface area (Å²) in [6.45, 7) is 5.41. The molecule has 3 atom stereocenters. The van der Waals surface area contributed by atoms with Crippen LogP contribution in [0.25, 0.3) is 0 Å². The third-order valence-corrected chi connectivity index (χ3v) is 7.39. The summed E-state index contributed by atoms with van der Waals surface area (Å²) in [5.41, 5.74) is 0.945. The highest BCUT2D eigenvalue weighted by atomic mass is 32.2. The van der Waals surface area contributed by atoms with Crippen LogP contribution >= 0.6 is 0 Å². The van der Waals surface area contributed by atoms with Crippen molar-refractivity contribution in [3.05, 3.63) is 35.6 Å². The Balaban J connectivity index is 1.75.